The molecule has 1 aromatic rings. The van der Waals surface area contributed by atoms with Crippen LogP contribution in [0, 0.1) is 5.92 Å². The van der Waals surface area contributed by atoms with Crippen LogP contribution in [0.25, 0.3) is 0 Å². The molecule has 1 rings (SSSR count). The third kappa shape index (κ3) is 5.67. The highest BCUT2D eigenvalue weighted by Gasteiger charge is 2.14. The van der Waals surface area contributed by atoms with Gasteiger partial charge in [-0.3, -0.25) is 0 Å². The Labute approximate surface area is 115 Å². The van der Waals surface area contributed by atoms with Crippen molar-refractivity contribution in [3.63, 3.8) is 0 Å². The molecule has 0 unspecified atom stereocenters. The van der Waals surface area contributed by atoms with E-state index in [0.717, 1.165) is 18.5 Å². The summed E-state index contributed by atoms with van der Waals surface area (Å²) >= 11 is 0. The van der Waals surface area contributed by atoms with Gasteiger partial charge in [-0.1, -0.05) is 26.8 Å². The maximum absolute atomic E-state index is 11.9. The van der Waals surface area contributed by atoms with Gasteiger partial charge in [0.2, 0.25) is 0 Å². The Morgan fingerprint density at radius 2 is 2.05 bits per heavy atom. The van der Waals surface area contributed by atoms with Crippen molar-refractivity contribution in [3.8, 4) is 0 Å². The molecule has 0 aliphatic heterocycles. The van der Waals surface area contributed by atoms with Crippen molar-refractivity contribution >= 4 is 10.0 Å². The molecule has 0 aliphatic carbocycles. The Morgan fingerprint density at radius 3 is 2.58 bits per heavy atom. The molecule has 108 valence electrons. The molecule has 0 fully saturated rings. The molecular formula is C13H23N3O2S. The molecule has 0 aliphatic rings. The number of pyridine rings is 1. The van der Waals surface area contributed by atoms with Gasteiger partial charge in [0.25, 0.3) is 10.0 Å². The van der Waals surface area contributed by atoms with Crippen LogP contribution in [0.3, 0.4) is 0 Å². The highest BCUT2D eigenvalue weighted by Crippen LogP contribution is 2.07. The third-order valence-electron chi connectivity index (χ3n) is 2.67. The lowest BCUT2D eigenvalue weighted by Gasteiger charge is -2.08. The lowest BCUT2D eigenvalue weighted by atomic mass is 10.1. The molecule has 0 bridgehead atoms. The van der Waals surface area contributed by atoms with Crippen LogP contribution in [0.15, 0.2) is 23.4 Å². The second-order valence-corrected chi connectivity index (χ2v) is 6.58. The molecule has 0 aromatic carbocycles. The minimum absolute atomic E-state index is 0.0801. The fraction of sp³-hybridized carbons (Fsp3) is 0.615. The Hall–Kier alpha value is -0.980. The highest BCUT2D eigenvalue weighted by molar-refractivity contribution is 7.89. The zero-order valence-electron chi connectivity index (χ0n) is 11.8. The van der Waals surface area contributed by atoms with Crippen LogP contribution >= 0.6 is 0 Å². The lowest BCUT2D eigenvalue weighted by Crippen LogP contribution is -2.26. The van der Waals surface area contributed by atoms with Crippen molar-refractivity contribution in [1.82, 2.24) is 15.0 Å². The van der Waals surface area contributed by atoms with Crippen molar-refractivity contribution < 1.29 is 8.42 Å². The Morgan fingerprint density at radius 1 is 1.32 bits per heavy atom. The van der Waals surface area contributed by atoms with Gasteiger partial charge in [0.1, 0.15) is 0 Å². The van der Waals surface area contributed by atoms with E-state index in [1.807, 2.05) is 6.92 Å². The number of nitrogens with zero attached hydrogens (tertiary/aromatic N) is 1. The van der Waals surface area contributed by atoms with Gasteiger partial charge in [-0.05, 0) is 30.5 Å². The minimum atomic E-state index is -3.47. The molecule has 19 heavy (non-hydrogen) atoms. The van der Waals surface area contributed by atoms with Gasteiger partial charge in [-0.15, -0.1) is 0 Å². The van der Waals surface area contributed by atoms with Crippen molar-refractivity contribution in [1.29, 1.82) is 0 Å². The van der Waals surface area contributed by atoms with Crippen molar-refractivity contribution in [2.75, 3.05) is 13.1 Å². The summed E-state index contributed by atoms with van der Waals surface area (Å²) in [6.45, 7) is 8.15. The molecule has 1 heterocycles. The zero-order valence-corrected chi connectivity index (χ0v) is 12.6. The normalized spacial score (nSPS) is 12.0. The van der Waals surface area contributed by atoms with E-state index in [1.165, 1.54) is 0 Å². The topological polar surface area (TPSA) is 71.1 Å². The van der Waals surface area contributed by atoms with Gasteiger partial charge >= 0.3 is 0 Å². The molecule has 0 radical (unpaired) electrons. The monoisotopic (exact) mass is 285 g/mol. The van der Waals surface area contributed by atoms with E-state index in [2.05, 4.69) is 28.9 Å². The van der Waals surface area contributed by atoms with Crippen LogP contribution in [0.4, 0.5) is 0 Å². The molecule has 0 atom stereocenters. The number of sulfonamides is 1. The maximum atomic E-state index is 11.9. The Kier molecular flexibility index (Phi) is 6.41. The Balaban J connectivity index is 2.63. The summed E-state index contributed by atoms with van der Waals surface area (Å²) in [5.74, 6) is 0.471. The predicted octanol–water partition coefficient (Wildman–Crippen LogP) is 1.52. The number of rotatable bonds is 8. The quantitative estimate of drug-likeness (QED) is 0.759. The van der Waals surface area contributed by atoms with E-state index in [9.17, 15) is 8.42 Å². The second kappa shape index (κ2) is 7.57. The van der Waals surface area contributed by atoms with Gasteiger partial charge < -0.3 is 5.32 Å². The molecule has 0 saturated heterocycles. The largest absolute Gasteiger partial charge is 0.313 e. The van der Waals surface area contributed by atoms with E-state index in [0.29, 0.717) is 19.0 Å². The highest BCUT2D eigenvalue weighted by atomic mass is 32.2. The standard InChI is InChI=1S/C13H23N3O2S/c1-4-14-9-12-5-6-13(15-10-12)19(17,18)16-8-7-11(2)3/h5-6,10-11,14,16H,4,7-9H2,1-3H3. The molecule has 5 nitrogen and oxygen atoms in total. The summed E-state index contributed by atoms with van der Waals surface area (Å²) in [6.07, 6.45) is 2.41. The van der Waals surface area contributed by atoms with E-state index < -0.39 is 10.0 Å². The number of nitrogens with one attached hydrogen (secondary N) is 2. The summed E-state index contributed by atoms with van der Waals surface area (Å²) in [4.78, 5) is 4.01. The minimum Gasteiger partial charge on any atom is -0.313 e. The fourth-order valence-electron chi connectivity index (χ4n) is 1.50. The fourth-order valence-corrected chi connectivity index (χ4v) is 2.47. The summed E-state index contributed by atoms with van der Waals surface area (Å²) in [5.41, 5.74) is 0.975. The molecule has 0 amide bonds. The van der Waals surface area contributed by atoms with E-state index >= 15 is 0 Å². The van der Waals surface area contributed by atoms with Gasteiger partial charge in [0.05, 0.1) is 0 Å². The molecule has 0 spiro atoms. The number of hydrogen-bond donors (Lipinski definition) is 2. The lowest BCUT2D eigenvalue weighted by molar-refractivity contribution is 0.549. The summed E-state index contributed by atoms with van der Waals surface area (Å²) < 4.78 is 26.5. The molecule has 2 N–H and O–H groups in total. The first-order chi connectivity index (χ1) is 8.95. The average molecular weight is 285 g/mol. The van der Waals surface area contributed by atoms with Crippen LogP contribution in [-0.4, -0.2) is 26.5 Å². The van der Waals surface area contributed by atoms with Gasteiger partial charge in [0.15, 0.2) is 5.03 Å². The average Bonchev–Trinajstić information content (AvgIpc) is 2.36. The first kappa shape index (κ1) is 16.1. The van der Waals surface area contributed by atoms with Gasteiger partial charge in [0, 0.05) is 19.3 Å². The second-order valence-electron chi connectivity index (χ2n) is 4.87. The van der Waals surface area contributed by atoms with E-state index in [1.54, 1.807) is 18.3 Å². The predicted molar refractivity (Wildman–Crippen MR) is 76.3 cm³/mol. The van der Waals surface area contributed by atoms with Gasteiger partial charge in [-0.25, -0.2) is 18.1 Å². The summed E-state index contributed by atoms with van der Waals surface area (Å²) in [6, 6.07) is 3.33. The van der Waals surface area contributed by atoms with E-state index in [4.69, 9.17) is 0 Å². The number of aromatic nitrogens is 1. The van der Waals surface area contributed by atoms with Crippen LogP contribution in [0.5, 0.6) is 0 Å². The van der Waals surface area contributed by atoms with Crippen molar-refractivity contribution in [3.05, 3.63) is 23.9 Å². The van der Waals surface area contributed by atoms with Gasteiger partial charge in [-0.2, -0.15) is 0 Å². The van der Waals surface area contributed by atoms with Crippen LogP contribution in [-0.2, 0) is 16.6 Å². The maximum Gasteiger partial charge on any atom is 0.258 e. The first-order valence-corrected chi connectivity index (χ1v) is 8.09. The molecule has 1 aromatic heterocycles. The van der Waals surface area contributed by atoms with Crippen molar-refractivity contribution in [2.24, 2.45) is 5.92 Å². The van der Waals surface area contributed by atoms with Crippen LogP contribution < -0.4 is 10.0 Å². The van der Waals surface area contributed by atoms with E-state index in [-0.39, 0.29) is 5.03 Å². The summed E-state index contributed by atoms with van der Waals surface area (Å²) in [5, 5.41) is 3.24. The molecular weight excluding hydrogens is 262 g/mol. The van der Waals surface area contributed by atoms with Crippen LogP contribution in [0.2, 0.25) is 0 Å². The third-order valence-corrected chi connectivity index (χ3v) is 4.04. The van der Waals surface area contributed by atoms with Crippen LogP contribution in [0.1, 0.15) is 32.8 Å². The number of hydrogen-bond acceptors (Lipinski definition) is 4. The van der Waals surface area contributed by atoms with Crippen molar-refractivity contribution in [2.45, 2.75) is 38.8 Å². The summed E-state index contributed by atoms with van der Waals surface area (Å²) in [7, 11) is -3.47. The Bertz CT molecular complexity index is 469. The molecule has 6 heteroatoms. The molecule has 0 saturated carbocycles. The first-order valence-electron chi connectivity index (χ1n) is 6.61. The smallest absolute Gasteiger partial charge is 0.258 e. The SMILES string of the molecule is CCNCc1ccc(S(=O)(=O)NCCC(C)C)nc1. The zero-order chi connectivity index (χ0) is 14.3.